The smallest absolute Gasteiger partial charge is 0.315 e. The Labute approximate surface area is 133 Å². The van der Waals surface area contributed by atoms with Gasteiger partial charge >= 0.3 is 6.03 Å². The third kappa shape index (κ3) is 7.39. The number of carbonyl (C=O) groups excluding carboxylic acids is 2. The number of unbranched alkanes of at least 4 members (excludes halogenated alkanes) is 1. The summed E-state index contributed by atoms with van der Waals surface area (Å²) in [5, 5.41) is 9.07. The van der Waals surface area contributed by atoms with Crippen LogP contribution in [-0.4, -0.2) is 43.2 Å². The van der Waals surface area contributed by atoms with Crippen LogP contribution in [0.25, 0.3) is 0 Å². The van der Waals surface area contributed by atoms with Crippen molar-refractivity contribution in [1.29, 1.82) is 0 Å². The third-order valence-corrected chi connectivity index (χ3v) is 6.87. The van der Waals surface area contributed by atoms with Gasteiger partial charge in [0.05, 0.1) is 0 Å². The van der Waals surface area contributed by atoms with Gasteiger partial charge in [-0.1, -0.05) is 28.0 Å². The minimum absolute atomic E-state index is 0.493. The van der Waals surface area contributed by atoms with Crippen LogP contribution in [0.1, 0.15) is 32.6 Å². The van der Waals surface area contributed by atoms with Crippen LogP contribution >= 0.6 is 21.6 Å². The molecule has 0 saturated carbocycles. The van der Waals surface area contributed by atoms with E-state index in [4.69, 9.17) is 5.14 Å². The number of nitrogens with one attached hydrogen (secondary N) is 2. The van der Waals surface area contributed by atoms with E-state index in [9.17, 15) is 18.0 Å². The second-order valence-electron chi connectivity index (χ2n) is 4.81. The molecule has 10 heteroatoms. The fraction of sp³-hybridized carbons (Fsp3) is 0.818. The lowest BCUT2D eigenvalue weighted by Gasteiger charge is -2.12. The molecule has 2 unspecified atom stereocenters. The summed E-state index contributed by atoms with van der Waals surface area (Å²) in [6.07, 6.45) is 4.27. The molecule has 1 heterocycles. The summed E-state index contributed by atoms with van der Waals surface area (Å²) in [6, 6.07) is -1.72. The largest absolute Gasteiger partial charge is 0.338 e. The molecule has 4 N–H and O–H groups in total. The highest BCUT2D eigenvalue weighted by atomic mass is 33.1. The summed E-state index contributed by atoms with van der Waals surface area (Å²) in [7, 11) is -0.433. The number of nitrogens with two attached hydrogens (primary N) is 1. The lowest BCUT2D eigenvalue weighted by Crippen LogP contribution is -2.47. The predicted molar refractivity (Wildman–Crippen MR) is 86.4 cm³/mol. The summed E-state index contributed by atoms with van der Waals surface area (Å²) in [4.78, 5) is 22.8. The zero-order chi connectivity index (χ0) is 15.9. The summed E-state index contributed by atoms with van der Waals surface area (Å²) in [5.41, 5.74) is 0. The highest BCUT2D eigenvalue weighted by Gasteiger charge is 2.25. The minimum atomic E-state index is -4.27. The van der Waals surface area contributed by atoms with E-state index in [1.807, 2.05) is 21.6 Å². The highest BCUT2D eigenvalue weighted by molar-refractivity contribution is 8.77. The molecule has 0 aliphatic carbocycles. The fourth-order valence-corrected chi connectivity index (χ4v) is 5.40. The first-order chi connectivity index (χ1) is 9.80. The van der Waals surface area contributed by atoms with Crippen LogP contribution < -0.4 is 15.8 Å². The normalized spacial score (nSPS) is 20.0. The molecule has 0 spiro atoms. The van der Waals surface area contributed by atoms with E-state index in [1.165, 1.54) is 19.1 Å². The first-order valence-electron chi connectivity index (χ1n) is 6.70. The predicted octanol–water partition coefficient (Wildman–Crippen LogP) is 0.813. The zero-order valence-corrected chi connectivity index (χ0v) is 14.3. The molecular weight excluding hydrogens is 334 g/mol. The van der Waals surface area contributed by atoms with Crippen molar-refractivity contribution < 1.29 is 18.0 Å². The molecule has 2 amide bonds. The van der Waals surface area contributed by atoms with Crippen molar-refractivity contribution in [2.45, 2.75) is 43.9 Å². The SMILES string of the molecule is CC(NC(=O)NCCCCC1CCSS1)C(=O)S(N)(=O)=O. The maximum Gasteiger partial charge on any atom is 0.315 e. The summed E-state index contributed by atoms with van der Waals surface area (Å²) >= 11 is 0. The molecule has 7 nitrogen and oxygen atoms in total. The van der Waals surface area contributed by atoms with Crippen molar-refractivity contribution in [2.24, 2.45) is 5.14 Å². The van der Waals surface area contributed by atoms with Crippen molar-refractivity contribution in [3.05, 3.63) is 0 Å². The lowest BCUT2D eigenvalue weighted by molar-refractivity contribution is -0.113. The van der Waals surface area contributed by atoms with Crippen LogP contribution in [0.15, 0.2) is 0 Å². The van der Waals surface area contributed by atoms with Crippen molar-refractivity contribution in [3.8, 4) is 0 Å². The average Bonchev–Trinajstić information content (AvgIpc) is 2.89. The molecule has 1 rings (SSSR count). The Hall–Kier alpha value is -0.450. The Morgan fingerprint density at radius 3 is 2.67 bits per heavy atom. The number of urea groups is 1. The Kier molecular flexibility index (Phi) is 7.85. The lowest BCUT2D eigenvalue weighted by atomic mass is 10.1. The molecule has 0 bridgehead atoms. The first-order valence-corrected chi connectivity index (χ1v) is 10.6. The van der Waals surface area contributed by atoms with Crippen LogP contribution in [0.5, 0.6) is 0 Å². The van der Waals surface area contributed by atoms with Crippen LogP contribution in [0.3, 0.4) is 0 Å². The zero-order valence-electron chi connectivity index (χ0n) is 11.8. The van der Waals surface area contributed by atoms with Gasteiger partial charge in [0.1, 0.15) is 6.04 Å². The molecule has 1 fully saturated rings. The van der Waals surface area contributed by atoms with E-state index in [2.05, 4.69) is 10.6 Å². The topological polar surface area (TPSA) is 118 Å². The molecule has 0 radical (unpaired) electrons. The summed E-state index contributed by atoms with van der Waals surface area (Å²) in [6.45, 7) is 1.77. The summed E-state index contributed by atoms with van der Waals surface area (Å²) in [5.74, 6) is 1.21. The van der Waals surface area contributed by atoms with Crippen LogP contribution in [0.2, 0.25) is 0 Å². The van der Waals surface area contributed by atoms with Gasteiger partial charge < -0.3 is 10.6 Å². The van der Waals surface area contributed by atoms with Crippen LogP contribution in [0, 0.1) is 0 Å². The van der Waals surface area contributed by atoms with Crippen molar-refractivity contribution in [2.75, 3.05) is 12.3 Å². The fourth-order valence-electron chi connectivity index (χ4n) is 1.82. The summed E-state index contributed by atoms with van der Waals surface area (Å²) < 4.78 is 21.7. The number of rotatable bonds is 7. The van der Waals surface area contributed by atoms with Crippen molar-refractivity contribution in [1.82, 2.24) is 10.6 Å². The third-order valence-electron chi connectivity index (χ3n) is 2.95. The molecule has 0 aromatic heterocycles. The van der Waals surface area contributed by atoms with E-state index >= 15 is 0 Å². The van der Waals surface area contributed by atoms with Crippen molar-refractivity contribution in [3.63, 3.8) is 0 Å². The number of carbonyl (C=O) groups is 2. The van der Waals surface area contributed by atoms with Gasteiger partial charge in [-0.05, 0) is 26.2 Å². The van der Waals surface area contributed by atoms with Gasteiger partial charge in [0.15, 0.2) is 0 Å². The number of amides is 2. The van der Waals surface area contributed by atoms with E-state index in [0.717, 1.165) is 24.5 Å². The quantitative estimate of drug-likeness (QED) is 0.459. The number of primary sulfonamides is 1. The number of hydrogen-bond acceptors (Lipinski definition) is 6. The second kappa shape index (κ2) is 8.86. The van der Waals surface area contributed by atoms with E-state index in [0.29, 0.717) is 6.54 Å². The van der Waals surface area contributed by atoms with Gasteiger partial charge in [0.25, 0.3) is 15.1 Å². The molecule has 1 aliphatic rings. The van der Waals surface area contributed by atoms with E-state index in [1.54, 1.807) is 0 Å². The van der Waals surface area contributed by atoms with E-state index in [-0.39, 0.29) is 0 Å². The van der Waals surface area contributed by atoms with Crippen LogP contribution in [-0.2, 0) is 14.8 Å². The van der Waals surface area contributed by atoms with Gasteiger partial charge in [-0.15, -0.1) is 0 Å². The molecule has 0 aromatic rings. The average molecular weight is 356 g/mol. The Bertz CT molecular complexity index is 463. The maximum atomic E-state index is 11.5. The van der Waals surface area contributed by atoms with E-state index < -0.39 is 27.2 Å². The first kappa shape index (κ1) is 18.6. The minimum Gasteiger partial charge on any atom is -0.338 e. The van der Waals surface area contributed by atoms with Crippen LogP contribution in [0.4, 0.5) is 4.79 Å². The van der Waals surface area contributed by atoms with Gasteiger partial charge in [-0.3, -0.25) is 4.79 Å². The molecule has 1 aliphatic heterocycles. The van der Waals surface area contributed by atoms with Gasteiger partial charge in [0.2, 0.25) is 0 Å². The van der Waals surface area contributed by atoms with Gasteiger partial charge in [-0.25, -0.2) is 18.4 Å². The Morgan fingerprint density at radius 2 is 2.10 bits per heavy atom. The number of sulfonamides is 1. The molecule has 122 valence electrons. The number of hydrogen-bond donors (Lipinski definition) is 3. The molecule has 2 atom stereocenters. The van der Waals surface area contributed by atoms with Crippen molar-refractivity contribution >= 4 is 42.8 Å². The maximum absolute atomic E-state index is 11.5. The molecule has 1 saturated heterocycles. The molecule has 0 aromatic carbocycles. The highest BCUT2D eigenvalue weighted by Crippen LogP contribution is 2.39. The standard InChI is InChI=1S/C11H21N3O4S3/c1-8(10(15)21(12,17)18)14-11(16)13-6-3-2-4-9-5-7-19-20-9/h8-9H,2-7H2,1H3,(H2,12,17,18)(H2,13,14,16). The Balaban J connectivity index is 2.11. The molecule has 21 heavy (non-hydrogen) atoms. The monoisotopic (exact) mass is 355 g/mol. The van der Waals surface area contributed by atoms with Gasteiger partial charge in [0, 0.05) is 17.5 Å². The Morgan fingerprint density at radius 1 is 1.38 bits per heavy atom. The molecular formula is C11H21N3O4S3. The van der Waals surface area contributed by atoms with Gasteiger partial charge in [-0.2, -0.15) is 0 Å². The second-order valence-corrected chi connectivity index (χ2v) is 9.09.